The first-order chi connectivity index (χ1) is 10.1. The zero-order valence-corrected chi connectivity index (χ0v) is 12.2. The lowest BCUT2D eigenvalue weighted by atomic mass is 9.97. The van der Waals surface area contributed by atoms with Gasteiger partial charge < -0.3 is 16.0 Å². The van der Waals surface area contributed by atoms with Crippen molar-refractivity contribution in [1.29, 1.82) is 0 Å². The van der Waals surface area contributed by atoms with Gasteiger partial charge in [0.05, 0.1) is 0 Å². The molecule has 5 nitrogen and oxygen atoms in total. The minimum atomic E-state index is -0.509. The van der Waals surface area contributed by atoms with Crippen molar-refractivity contribution in [3.63, 3.8) is 0 Å². The van der Waals surface area contributed by atoms with Gasteiger partial charge in [-0.2, -0.15) is 0 Å². The van der Waals surface area contributed by atoms with Crippen molar-refractivity contribution in [2.24, 2.45) is 0 Å². The average molecular weight is 287 g/mol. The van der Waals surface area contributed by atoms with Crippen molar-refractivity contribution in [1.82, 2.24) is 10.6 Å². The number of carbonyl (C=O) groups is 2. The standard InChI is InChI=1S/C16H21N3O2/c1-10(15(20)19-11-7-8-11)18-16(21)13-4-2-6-14-12(13)5-3-9-17-14/h2,4,6,10-11,17H,3,5,7-9H2,1H3,(H,18,21)(H,19,20). The maximum Gasteiger partial charge on any atom is 0.252 e. The molecular formula is C16H21N3O2. The summed E-state index contributed by atoms with van der Waals surface area (Å²) in [5.41, 5.74) is 2.76. The minimum absolute atomic E-state index is 0.103. The first-order valence-corrected chi connectivity index (χ1v) is 7.62. The average Bonchev–Trinajstić information content (AvgIpc) is 3.30. The Morgan fingerprint density at radius 2 is 2.14 bits per heavy atom. The summed E-state index contributed by atoms with van der Waals surface area (Å²) in [5.74, 6) is -0.275. The molecule has 1 aromatic carbocycles. The highest BCUT2D eigenvalue weighted by molar-refractivity contribution is 5.99. The van der Waals surface area contributed by atoms with E-state index in [9.17, 15) is 9.59 Å². The van der Waals surface area contributed by atoms with E-state index in [1.165, 1.54) is 0 Å². The van der Waals surface area contributed by atoms with Gasteiger partial charge >= 0.3 is 0 Å². The molecular weight excluding hydrogens is 266 g/mol. The van der Waals surface area contributed by atoms with E-state index in [0.717, 1.165) is 43.5 Å². The predicted octanol–water partition coefficient (Wildman–Crippen LogP) is 1.44. The van der Waals surface area contributed by atoms with Crippen LogP contribution >= 0.6 is 0 Å². The Morgan fingerprint density at radius 1 is 1.33 bits per heavy atom. The highest BCUT2D eigenvalue weighted by Crippen LogP contribution is 2.25. The molecule has 0 saturated heterocycles. The van der Waals surface area contributed by atoms with E-state index in [2.05, 4.69) is 16.0 Å². The van der Waals surface area contributed by atoms with E-state index in [1.54, 1.807) is 6.92 Å². The quantitative estimate of drug-likeness (QED) is 0.785. The third-order valence-electron chi connectivity index (χ3n) is 4.00. The first-order valence-electron chi connectivity index (χ1n) is 7.62. The van der Waals surface area contributed by atoms with Crippen molar-refractivity contribution in [2.75, 3.05) is 11.9 Å². The van der Waals surface area contributed by atoms with Crippen LogP contribution in [0, 0.1) is 0 Å². The molecule has 1 aliphatic carbocycles. The summed E-state index contributed by atoms with van der Waals surface area (Å²) in [7, 11) is 0. The van der Waals surface area contributed by atoms with Crippen LogP contribution in [-0.4, -0.2) is 30.4 Å². The number of hydrogen-bond acceptors (Lipinski definition) is 3. The minimum Gasteiger partial charge on any atom is -0.385 e. The number of fused-ring (bicyclic) bond motifs is 1. The predicted molar refractivity (Wildman–Crippen MR) is 81.3 cm³/mol. The summed E-state index contributed by atoms with van der Waals surface area (Å²) in [6, 6.07) is 5.50. The summed E-state index contributed by atoms with van der Waals surface area (Å²) >= 11 is 0. The van der Waals surface area contributed by atoms with Gasteiger partial charge in [0.25, 0.3) is 5.91 Å². The van der Waals surface area contributed by atoms with Gasteiger partial charge in [-0.25, -0.2) is 0 Å². The molecule has 0 bridgehead atoms. The molecule has 0 aromatic heterocycles. The van der Waals surface area contributed by atoms with Crippen LogP contribution < -0.4 is 16.0 Å². The molecule has 0 radical (unpaired) electrons. The number of rotatable bonds is 4. The Labute approximate surface area is 124 Å². The van der Waals surface area contributed by atoms with Crippen LogP contribution in [-0.2, 0) is 11.2 Å². The van der Waals surface area contributed by atoms with E-state index >= 15 is 0 Å². The van der Waals surface area contributed by atoms with Crippen LogP contribution in [0.15, 0.2) is 18.2 Å². The molecule has 1 fully saturated rings. The normalized spacial score (nSPS) is 18.1. The van der Waals surface area contributed by atoms with Gasteiger partial charge in [0.2, 0.25) is 5.91 Å². The van der Waals surface area contributed by atoms with Gasteiger partial charge in [0.15, 0.2) is 0 Å². The lowest BCUT2D eigenvalue weighted by Gasteiger charge is -2.21. The van der Waals surface area contributed by atoms with Gasteiger partial charge in [-0.15, -0.1) is 0 Å². The molecule has 2 aliphatic rings. The fourth-order valence-electron chi connectivity index (χ4n) is 2.62. The van der Waals surface area contributed by atoms with Crippen LogP contribution in [0.3, 0.4) is 0 Å². The van der Waals surface area contributed by atoms with E-state index in [4.69, 9.17) is 0 Å². The Balaban J connectivity index is 1.68. The fourth-order valence-corrected chi connectivity index (χ4v) is 2.62. The van der Waals surface area contributed by atoms with Crippen LogP contribution in [0.5, 0.6) is 0 Å². The van der Waals surface area contributed by atoms with Crippen molar-refractivity contribution in [3.8, 4) is 0 Å². The van der Waals surface area contributed by atoms with Crippen LogP contribution in [0.25, 0.3) is 0 Å². The van der Waals surface area contributed by atoms with Crippen LogP contribution in [0.2, 0.25) is 0 Å². The molecule has 0 spiro atoms. The topological polar surface area (TPSA) is 70.2 Å². The zero-order chi connectivity index (χ0) is 14.8. The fraction of sp³-hybridized carbons (Fsp3) is 0.500. The Hall–Kier alpha value is -2.04. The van der Waals surface area contributed by atoms with E-state index in [0.29, 0.717) is 11.6 Å². The number of amides is 2. The van der Waals surface area contributed by atoms with Crippen molar-refractivity contribution >= 4 is 17.5 Å². The molecule has 2 amide bonds. The largest absolute Gasteiger partial charge is 0.385 e. The highest BCUT2D eigenvalue weighted by Gasteiger charge is 2.27. The molecule has 1 saturated carbocycles. The molecule has 21 heavy (non-hydrogen) atoms. The van der Waals surface area contributed by atoms with Gasteiger partial charge in [-0.05, 0) is 50.3 Å². The van der Waals surface area contributed by atoms with Crippen LogP contribution in [0.1, 0.15) is 42.1 Å². The Morgan fingerprint density at radius 3 is 2.90 bits per heavy atom. The van der Waals surface area contributed by atoms with E-state index in [1.807, 2.05) is 18.2 Å². The Kier molecular flexibility index (Phi) is 3.82. The smallest absolute Gasteiger partial charge is 0.252 e. The molecule has 1 unspecified atom stereocenters. The van der Waals surface area contributed by atoms with Crippen molar-refractivity contribution < 1.29 is 9.59 Å². The molecule has 1 heterocycles. The second kappa shape index (κ2) is 5.76. The number of benzene rings is 1. The molecule has 112 valence electrons. The van der Waals surface area contributed by atoms with Crippen molar-refractivity contribution in [3.05, 3.63) is 29.3 Å². The number of carbonyl (C=O) groups excluding carboxylic acids is 2. The molecule has 3 rings (SSSR count). The van der Waals surface area contributed by atoms with Gasteiger partial charge in [0, 0.05) is 23.8 Å². The second-order valence-corrected chi connectivity index (χ2v) is 5.84. The summed E-state index contributed by atoms with van der Waals surface area (Å²) in [5, 5.41) is 9.02. The summed E-state index contributed by atoms with van der Waals surface area (Å²) < 4.78 is 0. The second-order valence-electron chi connectivity index (χ2n) is 5.84. The Bertz CT molecular complexity index is 567. The number of nitrogens with one attached hydrogen (secondary N) is 3. The maximum absolute atomic E-state index is 12.4. The van der Waals surface area contributed by atoms with E-state index < -0.39 is 6.04 Å². The lowest BCUT2D eigenvalue weighted by molar-refractivity contribution is -0.122. The SMILES string of the molecule is CC(NC(=O)c1cccc2c1CCCN2)C(=O)NC1CC1. The number of anilines is 1. The zero-order valence-electron chi connectivity index (χ0n) is 12.2. The summed E-state index contributed by atoms with van der Waals surface area (Å²) in [6.45, 7) is 2.67. The molecule has 5 heteroatoms. The molecule has 3 N–H and O–H groups in total. The summed E-state index contributed by atoms with van der Waals surface area (Å²) in [4.78, 5) is 24.3. The third kappa shape index (κ3) is 3.17. The van der Waals surface area contributed by atoms with Gasteiger partial charge in [0.1, 0.15) is 6.04 Å². The lowest BCUT2D eigenvalue weighted by Crippen LogP contribution is -2.45. The van der Waals surface area contributed by atoms with Crippen LogP contribution in [0.4, 0.5) is 5.69 Å². The maximum atomic E-state index is 12.4. The molecule has 1 aromatic rings. The third-order valence-corrected chi connectivity index (χ3v) is 4.00. The highest BCUT2D eigenvalue weighted by atomic mass is 16.2. The molecule has 1 atom stereocenters. The number of hydrogen-bond donors (Lipinski definition) is 3. The van der Waals surface area contributed by atoms with Crippen molar-refractivity contribution in [2.45, 2.75) is 44.7 Å². The first kappa shape index (κ1) is 13.9. The molecule has 1 aliphatic heterocycles. The van der Waals surface area contributed by atoms with Gasteiger partial charge in [-0.3, -0.25) is 9.59 Å². The van der Waals surface area contributed by atoms with E-state index in [-0.39, 0.29) is 11.8 Å². The summed E-state index contributed by atoms with van der Waals surface area (Å²) in [6.07, 6.45) is 4.01. The monoisotopic (exact) mass is 287 g/mol. The van der Waals surface area contributed by atoms with Gasteiger partial charge in [-0.1, -0.05) is 6.07 Å².